The van der Waals surface area contributed by atoms with Crippen molar-refractivity contribution in [2.75, 3.05) is 51.8 Å². The van der Waals surface area contributed by atoms with Gasteiger partial charge in [-0.2, -0.15) is 0 Å². The zero-order valence-electron chi connectivity index (χ0n) is 16.5. The van der Waals surface area contributed by atoms with E-state index < -0.39 is 0 Å². The van der Waals surface area contributed by atoms with Crippen LogP contribution < -0.4 is 19.5 Å². The number of anilines is 1. The summed E-state index contributed by atoms with van der Waals surface area (Å²) in [7, 11) is 1.51. The molecule has 1 fully saturated rings. The van der Waals surface area contributed by atoms with Crippen LogP contribution in [0.4, 0.5) is 14.9 Å². The first-order valence-electron chi connectivity index (χ1n) is 9.63. The molecule has 30 heavy (non-hydrogen) atoms. The van der Waals surface area contributed by atoms with E-state index in [0.29, 0.717) is 67.9 Å². The molecule has 0 aliphatic carbocycles. The van der Waals surface area contributed by atoms with E-state index in [0.717, 1.165) is 0 Å². The molecule has 3 amide bonds. The quantitative estimate of drug-likeness (QED) is 0.834. The number of hydrogen-bond donors (Lipinski definition) is 1. The summed E-state index contributed by atoms with van der Waals surface area (Å²) in [5.41, 5.74) is 0.962. The number of benzene rings is 2. The zero-order chi connectivity index (χ0) is 21.1. The van der Waals surface area contributed by atoms with Crippen molar-refractivity contribution in [2.24, 2.45) is 0 Å². The monoisotopic (exact) mass is 415 g/mol. The number of piperazine rings is 1. The van der Waals surface area contributed by atoms with E-state index in [4.69, 9.17) is 14.2 Å². The minimum absolute atomic E-state index is 0.163. The van der Waals surface area contributed by atoms with Crippen molar-refractivity contribution in [3.05, 3.63) is 47.8 Å². The summed E-state index contributed by atoms with van der Waals surface area (Å²) in [6.45, 7) is 2.41. The molecule has 1 saturated heterocycles. The molecule has 2 aliphatic rings. The van der Waals surface area contributed by atoms with Crippen LogP contribution in [0.15, 0.2) is 36.4 Å². The number of carbonyl (C=O) groups is 2. The second-order valence-corrected chi connectivity index (χ2v) is 6.92. The van der Waals surface area contributed by atoms with Crippen LogP contribution in [0.3, 0.4) is 0 Å². The number of ether oxygens (including phenoxy) is 3. The largest absolute Gasteiger partial charge is 0.493 e. The molecule has 0 spiro atoms. The van der Waals surface area contributed by atoms with Crippen LogP contribution >= 0.6 is 0 Å². The van der Waals surface area contributed by atoms with Crippen LogP contribution in [0.5, 0.6) is 17.2 Å². The highest BCUT2D eigenvalue weighted by molar-refractivity contribution is 5.96. The predicted octanol–water partition coefficient (Wildman–Crippen LogP) is 2.60. The maximum Gasteiger partial charge on any atom is 0.321 e. The number of carbonyl (C=O) groups excluding carboxylic acids is 2. The van der Waals surface area contributed by atoms with Crippen LogP contribution in [0.25, 0.3) is 0 Å². The van der Waals surface area contributed by atoms with Crippen molar-refractivity contribution in [1.82, 2.24) is 9.80 Å². The number of amides is 3. The summed E-state index contributed by atoms with van der Waals surface area (Å²) < 4.78 is 29.5. The zero-order valence-corrected chi connectivity index (χ0v) is 16.5. The van der Waals surface area contributed by atoms with Gasteiger partial charge in [-0.25, -0.2) is 9.18 Å². The molecule has 0 aromatic heterocycles. The van der Waals surface area contributed by atoms with Gasteiger partial charge in [-0.05, 0) is 36.4 Å². The molecule has 2 aliphatic heterocycles. The fourth-order valence-electron chi connectivity index (χ4n) is 3.43. The summed E-state index contributed by atoms with van der Waals surface area (Å²) in [6, 6.07) is 8.59. The number of urea groups is 1. The SMILES string of the molecule is COc1cc(C(=O)N2CCN(C(=O)Nc3ccc(F)cc3)CC2)cc2c1OCCO2. The molecule has 0 atom stereocenters. The molecule has 2 aromatic rings. The van der Waals surface area contributed by atoms with E-state index >= 15 is 0 Å². The highest BCUT2D eigenvalue weighted by atomic mass is 19.1. The van der Waals surface area contributed by atoms with Gasteiger partial charge in [0.2, 0.25) is 5.75 Å². The standard InChI is InChI=1S/C21H22FN3O5/c1-28-17-12-14(13-18-19(17)30-11-10-29-18)20(26)24-6-8-25(9-7-24)21(27)23-16-4-2-15(22)3-5-16/h2-5,12-13H,6-11H2,1H3,(H,23,27). The van der Waals surface area contributed by atoms with Crippen LogP contribution in [-0.4, -0.2) is 68.2 Å². The van der Waals surface area contributed by atoms with Gasteiger partial charge in [-0.15, -0.1) is 0 Å². The Morgan fingerprint density at radius 3 is 2.37 bits per heavy atom. The van der Waals surface area contributed by atoms with Gasteiger partial charge in [0.15, 0.2) is 11.5 Å². The van der Waals surface area contributed by atoms with Crippen molar-refractivity contribution < 1.29 is 28.2 Å². The Labute approximate surface area is 173 Å². The number of nitrogens with one attached hydrogen (secondary N) is 1. The molecule has 0 bridgehead atoms. The summed E-state index contributed by atoms with van der Waals surface area (Å²) in [5.74, 6) is 0.913. The lowest BCUT2D eigenvalue weighted by molar-refractivity contribution is 0.0670. The molecule has 0 unspecified atom stereocenters. The fraction of sp³-hybridized carbons (Fsp3) is 0.333. The topological polar surface area (TPSA) is 80.3 Å². The molecule has 0 saturated carbocycles. The lowest BCUT2D eigenvalue weighted by atomic mass is 10.1. The number of halogens is 1. The second-order valence-electron chi connectivity index (χ2n) is 6.92. The number of hydrogen-bond acceptors (Lipinski definition) is 5. The fourth-order valence-corrected chi connectivity index (χ4v) is 3.43. The first-order valence-corrected chi connectivity index (χ1v) is 9.63. The highest BCUT2D eigenvalue weighted by Gasteiger charge is 2.27. The highest BCUT2D eigenvalue weighted by Crippen LogP contribution is 2.40. The van der Waals surface area contributed by atoms with E-state index in [1.165, 1.54) is 31.4 Å². The smallest absolute Gasteiger partial charge is 0.321 e. The molecule has 4 rings (SSSR count). The minimum Gasteiger partial charge on any atom is -0.493 e. The van der Waals surface area contributed by atoms with E-state index in [1.54, 1.807) is 21.9 Å². The molecule has 2 aromatic carbocycles. The van der Waals surface area contributed by atoms with Crippen molar-refractivity contribution in [2.45, 2.75) is 0 Å². The maximum atomic E-state index is 13.0. The third-order valence-electron chi connectivity index (χ3n) is 5.02. The van der Waals surface area contributed by atoms with Gasteiger partial charge in [0, 0.05) is 37.4 Å². The summed E-state index contributed by atoms with van der Waals surface area (Å²) >= 11 is 0. The average Bonchev–Trinajstić information content (AvgIpc) is 2.79. The van der Waals surface area contributed by atoms with Gasteiger partial charge < -0.3 is 29.3 Å². The van der Waals surface area contributed by atoms with Crippen LogP contribution in [0.2, 0.25) is 0 Å². The van der Waals surface area contributed by atoms with Crippen molar-refractivity contribution >= 4 is 17.6 Å². The van der Waals surface area contributed by atoms with Crippen LogP contribution in [0, 0.1) is 5.82 Å². The van der Waals surface area contributed by atoms with Crippen molar-refractivity contribution in [3.63, 3.8) is 0 Å². The average molecular weight is 415 g/mol. The summed E-state index contributed by atoms with van der Waals surface area (Å²) in [4.78, 5) is 28.7. The lowest BCUT2D eigenvalue weighted by Gasteiger charge is -2.35. The van der Waals surface area contributed by atoms with Crippen molar-refractivity contribution in [3.8, 4) is 17.2 Å². The van der Waals surface area contributed by atoms with E-state index in [9.17, 15) is 14.0 Å². The van der Waals surface area contributed by atoms with E-state index in [-0.39, 0.29) is 17.8 Å². The Morgan fingerprint density at radius 2 is 1.67 bits per heavy atom. The first-order chi connectivity index (χ1) is 14.5. The number of rotatable bonds is 3. The first kappa shape index (κ1) is 19.8. The van der Waals surface area contributed by atoms with Crippen LogP contribution in [-0.2, 0) is 0 Å². The van der Waals surface area contributed by atoms with Gasteiger partial charge in [0.25, 0.3) is 5.91 Å². The van der Waals surface area contributed by atoms with E-state index in [2.05, 4.69) is 5.32 Å². The van der Waals surface area contributed by atoms with Gasteiger partial charge in [0.05, 0.1) is 7.11 Å². The molecule has 9 heteroatoms. The number of methoxy groups -OCH3 is 1. The molecular formula is C21H22FN3O5. The summed E-state index contributed by atoms with van der Waals surface area (Å²) in [5, 5.41) is 2.73. The molecule has 158 valence electrons. The Balaban J connectivity index is 1.38. The molecule has 1 N–H and O–H groups in total. The van der Waals surface area contributed by atoms with Gasteiger partial charge in [0.1, 0.15) is 19.0 Å². The minimum atomic E-state index is -0.365. The molecule has 0 radical (unpaired) electrons. The molecule has 8 nitrogen and oxygen atoms in total. The summed E-state index contributed by atoms with van der Waals surface area (Å²) in [6.07, 6.45) is 0. The van der Waals surface area contributed by atoms with E-state index in [1.807, 2.05) is 0 Å². The normalized spacial score (nSPS) is 15.5. The van der Waals surface area contributed by atoms with Gasteiger partial charge in [-0.1, -0.05) is 0 Å². The Bertz CT molecular complexity index is 925. The maximum absolute atomic E-state index is 13.0. The molecule has 2 heterocycles. The van der Waals surface area contributed by atoms with Gasteiger partial charge >= 0.3 is 6.03 Å². The third-order valence-corrected chi connectivity index (χ3v) is 5.02. The molecular weight excluding hydrogens is 393 g/mol. The second kappa shape index (κ2) is 8.48. The Kier molecular flexibility index (Phi) is 5.60. The van der Waals surface area contributed by atoms with Gasteiger partial charge in [-0.3, -0.25) is 4.79 Å². The van der Waals surface area contributed by atoms with Crippen LogP contribution in [0.1, 0.15) is 10.4 Å². The number of fused-ring (bicyclic) bond motifs is 1. The van der Waals surface area contributed by atoms with Crippen molar-refractivity contribution in [1.29, 1.82) is 0 Å². The predicted molar refractivity (Wildman–Crippen MR) is 107 cm³/mol. The lowest BCUT2D eigenvalue weighted by Crippen LogP contribution is -2.51. The Hall–Kier alpha value is -3.49. The Morgan fingerprint density at radius 1 is 1.00 bits per heavy atom. The third kappa shape index (κ3) is 4.10. The number of nitrogens with zero attached hydrogens (tertiary/aromatic N) is 2.